The van der Waals surface area contributed by atoms with E-state index < -0.39 is 12.2 Å². The summed E-state index contributed by atoms with van der Waals surface area (Å²) in [6.45, 7) is 4.01. The van der Waals surface area contributed by atoms with Gasteiger partial charge in [0, 0.05) is 0 Å². The van der Waals surface area contributed by atoms with E-state index in [0.717, 1.165) is 0 Å². The van der Waals surface area contributed by atoms with Gasteiger partial charge in [-0.25, -0.2) is 0 Å². The molecular formula is C8H14O2. The minimum absolute atomic E-state index is 0.538. The fourth-order valence-electron chi connectivity index (χ4n) is 1.25. The molecule has 0 saturated heterocycles. The van der Waals surface area contributed by atoms with Crippen LogP contribution < -0.4 is 0 Å². The summed E-state index contributed by atoms with van der Waals surface area (Å²) in [5.41, 5.74) is 2.44. The van der Waals surface area contributed by atoms with Crippen molar-refractivity contribution < 1.29 is 10.2 Å². The van der Waals surface area contributed by atoms with Crippen LogP contribution in [-0.2, 0) is 0 Å². The van der Waals surface area contributed by atoms with E-state index in [1.807, 2.05) is 13.8 Å². The second kappa shape index (κ2) is 2.72. The van der Waals surface area contributed by atoms with Crippen molar-refractivity contribution in [3.8, 4) is 0 Å². The quantitative estimate of drug-likeness (QED) is 0.492. The maximum atomic E-state index is 9.18. The first-order chi connectivity index (χ1) is 4.61. The van der Waals surface area contributed by atoms with Crippen molar-refractivity contribution in [1.29, 1.82) is 0 Å². The second-order valence-electron chi connectivity index (χ2n) is 3.10. The lowest BCUT2D eigenvalue weighted by Crippen LogP contribution is -2.29. The third-order valence-corrected chi connectivity index (χ3v) is 2.20. The highest BCUT2D eigenvalue weighted by molar-refractivity contribution is 5.16. The van der Waals surface area contributed by atoms with Crippen LogP contribution in [0.2, 0.25) is 0 Å². The van der Waals surface area contributed by atoms with E-state index in [4.69, 9.17) is 0 Å². The summed E-state index contributed by atoms with van der Waals surface area (Å²) in [7, 11) is 0. The van der Waals surface area contributed by atoms with Crippen LogP contribution in [0.1, 0.15) is 26.7 Å². The highest BCUT2D eigenvalue weighted by Gasteiger charge is 2.22. The number of aliphatic hydroxyl groups is 2. The molecule has 1 aliphatic rings. The Kier molecular flexibility index (Phi) is 2.11. The molecule has 2 nitrogen and oxygen atoms in total. The van der Waals surface area contributed by atoms with Crippen LogP contribution in [0.5, 0.6) is 0 Å². The van der Waals surface area contributed by atoms with Gasteiger partial charge >= 0.3 is 0 Å². The first-order valence-electron chi connectivity index (χ1n) is 3.62. The van der Waals surface area contributed by atoms with Gasteiger partial charge in [0.05, 0.1) is 12.2 Å². The molecule has 0 aromatic rings. The Hall–Kier alpha value is -0.340. The fourth-order valence-corrected chi connectivity index (χ4v) is 1.25. The molecule has 10 heavy (non-hydrogen) atoms. The predicted octanol–water partition coefficient (Wildman–Crippen LogP) is 0.838. The van der Waals surface area contributed by atoms with Gasteiger partial charge in [0.1, 0.15) is 0 Å². The molecule has 58 valence electrons. The maximum Gasteiger partial charge on any atom is 0.0839 e. The number of hydrogen-bond donors (Lipinski definition) is 2. The van der Waals surface area contributed by atoms with Gasteiger partial charge in [0.2, 0.25) is 0 Å². The molecule has 0 amide bonds. The third-order valence-electron chi connectivity index (χ3n) is 2.20. The van der Waals surface area contributed by atoms with Crippen LogP contribution >= 0.6 is 0 Å². The molecule has 0 saturated carbocycles. The lowest BCUT2D eigenvalue weighted by atomic mass is 9.90. The monoisotopic (exact) mass is 142 g/mol. The van der Waals surface area contributed by atoms with E-state index in [1.165, 1.54) is 11.1 Å². The van der Waals surface area contributed by atoms with Crippen molar-refractivity contribution in [1.82, 2.24) is 0 Å². The SMILES string of the molecule is CC1=C(C)C[C@@H](O)[C@H](O)C1. The van der Waals surface area contributed by atoms with Gasteiger partial charge in [0.15, 0.2) is 0 Å². The number of rotatable bonds is 0. The van der Waals surface area contributed by atoms with Crippen molar-refractivity contribution in [3.63, 3.8) is 0 Å². The van der Waals surface area contributed by atoms with E-state index in [9.17, 15) is 10.2 Å². The lowest BCUT2D eigenvalue weighted by molar-refractivity contribution is 0.0144. The third kappa shape index (κ3) is 1.39. The fraction of sp³-hybridized carbons (Fsp3) is 0.750. The van der Waals surface area contributed by atoms with Gasteiger partial charge in [-0.1, -0.05) is 11.1 Å². The van der Waals surface area contributed by atoms with Gasteiger partial charge in [-0.15, -0.1) is 0 Å². The molecule has 2 heteroatoms. The van der Waals surface area contributed by atoms with Crippen molar-refractivity contribution >= 4 is 0 Å². The zero-order valence-electron chi connectivity index (χ0n) is 6.46. The number of aliphatic hydroxyl groups excluding tert-OH is 2. The average molecular weight is 142 g/mol. The topological polar surface area (TPSA) is 40.5 Å². The van der Waals surface area contributed by atoms with Crippen molar-refractivity contribution in [3.05, 3.63) is 11.1 Å². The summed E-state index contributed by atoms with van der Waals surface area (Å²) in [6, 6.07) is 0. The van der Waals surface area contributed by atoms with Crippen molar-refractivity contribution in [2.45, 2.75) is 38.9 Å². The van der Waals surface area contributed by atoms with Gasteiger partial charge < -0.3 is 10.2 Å². The molecular weight excluding hydrogens is 128 g/mol. The Bertz CT molecular complexity index is 143. The van der Waals surface area contributed by atoms with E-state index in [0.29, 0.717) is 12.8 Å². The lowest BCUT2D eigenvalue weighted by Gasteiger charge is -2.25. The molecule has 0 bridgehead atoms. The molecule has 0 heterocycles. The number of hydrogen-bond acceptors (Lipinski definition) is 2. The Morgan fingerprint density at radius 2 is 1.30 bits per heavy atom. The van der Waals surface area contributed by atoms with E-state index in [2.05, 4.69) is 0 Å². The molecule has 2 N–H and O–H groups in total. The molecule has 1 aliphatic carbocycles. The van der Waals surface area contributed by atoms with Gasteiger partial charge in [-0.05, 0) is 26.7 Å². The highest BCUT2D eigenvalue weighted by Crippen LogP contribution is 2.24. The molecule has 0 fully saturated rings. The summed E-state index contributed by atoms with van der Waals surface area (Å²) in [6.07, 6.45) is 0.187. The minimum atomic E-state index is -0.538. The van der Waals surface area contributed by atoms with E-state index in [-0.39, 0.29) is 0 Å². The maximum absolute atomic E-state index is 9.18. The first kappa shape index (κ1) is 7.76. The molecule has 0 aromatic heterocycles. The second-order valence-corrected chi connectivity index (χ2v) is 3.10. The summed E-state index contributed by atoms with van der Waals surface area (Å²) < 4.78 is 0. The molecule has 0 radical (unpaired) electrons. The standard InChI is InChI=1S/C8H14O2/c1-5-3-7(9)8(10)4-6(5)2/h7-10H,3-4H2,1-2H3/t7-,8-/m1/s1. The molecule has 0 aliphatic heterocycles. The summed E-state index contributed by atoms with van der Waals surface area (Å²) in [5, 5.41) is 18.4. The Morgan fingerprint density at radius 3 is 1.60 bits per heavy atom. The van der Waals surface area contributed by atoms with Crippen LogP contribution in [0.3, 0.4) is 0 Å². The molecule has 0 spiro atoms. The molecule has 1 rings (SSSR count). The Balaban J connectivity index is 2.69. The van der Waals surface area contributed by atoms with Crippen molar-refractivity contribution in [2.24, 2.45) is 0 Å². The summed E-state index contributed by atoms with van der Waals surface area (Å²) in [4.78, 5) is 0. The van der Waals surface area contributed by atoms with Gasteiger partial charge in [-0.3, -0.25) is 0 Å². The highest BCUT2D eigenvalue weighted by atomic mass is 16.3. The van der Waals surface area contributed by atoms with Crippen LogP contribution in [-0.4, -0.2) is 22.4 Å². The first-order valence-corrected chi connectivity index (χ1v) is 3.62. The average Bonchev–Trinajstić information content (AvgIpc) is 1.84. The van der Waals surface area contributed by atoms with Crippen LogP contribution in [0, 0.1) is 0 Å². The van der Waals surface area contributed by atoms with Crippen molar-refractivity contribution in [2.75, 3.05) is 0 Å². The normalized spacial score (nSPS) is 34.8. The van der Waals surface area contributed by atoms with Crippen LogP contribution in [0.15, 0.2) is 11.1 Å². The predicted molar refractivity (Wildman–Crippen MR) is 39.6 cm³/mol. The minimum Gasteiger partial charge on any atom is -0.390 e. The van der Waals surface area contributed by atoms with E-state index in [1.54, 1.807) is 0 Å². The Morgan fingerprint density at radius 1 is 1.00 bits per heavy atom. The summed E-state index contributed by atoms with van der Waals surface area (Å²) >= 11 is 0. The van der Waals surface area contributed by atoms with Gasteiger partial charge in [0.25, 0.3) is 0 Å². The molecule has 2 atom stereocenters. The van der Waals surface area contributed by atoms with Crippen LogP contribution in [0.4, 0.5) is 0 Å². The zero-order valence-corrected chi connectivity index (χ0v) is 6.46. The van der Waals surface area contributed by atoms with E-state index >= 15 is 0 Å². The summed E-state index contributed by atoms with van der Waals surface area (Å²) in [5.74, 6) is 0. The largest absolute Gasteiger partial charge is 0.390 e. The van der Waals surface area contributed by atoms with Gasteiger partial charge in [-0.2, -0.15) is 0 Å². The van der Waals surface area contributed by atoms with Crippen LogP contribution in [0.25, 0.3) is 0 Å². The Labute approximate surface area is 61.2 Å². The smallest absolute Gasteiger partial charge is 0.0839 e. The molecule has 0 aromatic carbocycles. The molecule has 0 unspecified atom stereocenters. The zero-order chi connectivity index (χ0) is 7.72.